The van der Waals surface area contributed by atoms with Crippen LogP contribution in [0.15, 0.2) is 0 Å². The van der Waals surface area contributed by atoms with E-state index in [-0.39, 0.29) is 101 Å². The Hall–Kier alpha value is -5.75. The van der Waals surface area contributed by atoms with Crippen molar-refractivity contribution < 1.29 is 65.9 Å². The first-order valence-electron chi connectivity index (χ1n) is 34.5. The number of nitrogens with one attached hydrogen (secondary N) is 4. The van der Waals surface area contributed by atoms with Crippen molar-refractivity contribution in [1.29, 1.82) is 0 Å². The highest BCUT2D eigenvalue weighted by atomic mass is 35.5. The molecule has 11 amide bonds. The van der Waals surface area contributed by atoms with E-state index in [1.54, 1.807) is 20.9 Å². The monoisotopic (exact) mass is 1340 g/mol. The molecule has 6 fully saturated rings. The number of amides is 11. The second-order valence-electron chi connectivity index (χ2n) is 28.8. The molecular weight excluding hydrogens is 1230 g/mol. The Morgan fingerprint density at radius 1 is 0.591 bits per heavy atom. The van der Waals surface area contributed by atoms with E-state index < -0.39 is 156 Å². The third-order valence-corrected chi connectivity index (χ3v) is 21.7. The number of fused-ring (bicyclic) bond motifs is 1. The van der Waals surface area contributed by atoms with E-state index in [0.717, 1.165) is 56.3 Å². The minimum Gasteiger partial charge on any atom is -0.351 e. The lowest BCUT2D eigenvalue weighted by Crippen LogP contribution is -2.64. The number of carbonyl (C=O) groups excluding carboxylic acids is 11. The zero-order chi connectivity index (χ0) is 68.8. The van der Waals surface area contributed by atoms with Crippen molar-refractivity contribution in [2.75, 3.05) is 68.5 Å². The average molecular weight is 1340 g/mol. The lowest BCUT2D eigenvalue weighted by Gasteiger charge is -2.41. The van der Waals surface area contributed by atoms with Crippen molar-refractivity contribution in [1.82, 2.24) is 55.6 Å². The van der Waals surface area contributed by atoms with Crippen LogP contribution in [0.3, 0.4) is 0 Å². The van der Waals surface area contributed by atoms with Gasteiger partial charge in [-0.25, -0.2) is 0 Å². The summed E-state index contributed by atoms with van der Waals surface area (Å²) >= 11 is 6.38. The van der Waals surface area contributed by atoms with Gasteiger partial charge in [-0.1, -0.05) is 98.3 Å². The Morgan fingerprint density at radius 3 is 1.80 bits per heavy atom. The van der Waals surface area contributed by atoms with Crippen LogP contribution >= 0.6 is 11.6 Å². The molecule has 6 rings (SSSR count). The topological polar surface area (TPSA) is 259 Å². The number of hydrogen-bond donors (Lipinski definition) is 4. The highest BCUT2D eigenvalue weighted by molar-refractivity contribution is 6.20. The molecule has 26 heteroatoms. The first-order chi connectivity index (χ1) is 43.8. The van der Waals surface area contributed by atoms with Crippen LogP contribution in [-0.4, -0.2) is 227 Å². The SMILES string of the molecule is CC[C@H](C)[C@@H]1NC(=O)[C@H](CC(C)C)N(C)C(=O)C[C@@H](C)NC(=O)[C@H](C2CCCCC2)N(C)C(=O)C2(CCCC2)NC(=O)[C@@H]2CCCN2C(=O)[C@H](CCC2CCC(C(F)(F)F)C(Cl)C2)NC(=O)CN(C)C(=O)[C@H](CC2CCCCC2)N(C)C(=O)CN(C)C(=O)CN(C)C1=O. The zero-order valence-electron chi connectivity index (χ0n) is 57.2. The van der Waals surface area contributed by atoms with Crippen molar-refractivity contribution in [2.24, 2.45) is 35.5 Å². The molecule has 93 heavy (non-hydrogen) atoms. The van der Waals surface area contributed by atoms with E-state index in [2.05, 4.69) is 21.3 Å². The summed E-state index contributed by atoms with van der Waals surface area (Å²) in [5.74, 6) is -9.14. The number of halogens is 4. The molecule has 3 unspecified atom stereocenters. The zero-order valence-corrected chi connectivity index (χ0v) is 58.0. The molecule has 4 saturated carbocycles. The van der Waals surface area contributed by atoms with Gasteiger partial charge in [0.1, 0.15) is 41.8 Å². The van der Waals surface area contributed by atoms with Crippen molar-refractivity contribution >= 4 is 76.6 Å². The fraction of sp³-hybridized carbons (Fsp3) is 0.836. The van der Waals surface area contributed by atoms with Gasteiger partial charge in [0.2, 0.25) is 65.0 Å². The summed E-state index contributed by atoms with van der Waals surface area (Å²) in [5.41, 5.74) is -1.46. The Bertz CT molecular complexity index is 2640. The standard InChI is InChI=1S/C67H109ClF3N11O11/c1-12-42(4)57-64(92)78(8)39-55(85)76(6)40-56(86)80(10)52(37-44-22-15-13-16-23-44)63(91)77(7)38-53(83)73-49(30-28-45-27-29-47(48(68)36-45)67(69,70)71)62(90)82-33-21-26-50(82)60(88)75-66(31-19-20-32-66)65(93)81(11)58(46-24-17-14-18-25-46)61(89)72-43(5)35-54(84)79(9)51(34-41(2)3)59(87)74-57/h41-52,57-58H,12-40H2,1-11H3,(H,72,89)(H,73,83)(H,74,87)(H,75,88)/t42-,43+,45?,47?,48?,49-,50-,51-,52-,57-,58-/m0/s1. The minimum absolute atomic E-state index is 0.0185. The van der Waals surface area contributed by atoms with Crippen molar-refractivity contribution in [3.8, 4) is 0 Å². The Morgan fingerprint density at radius 2 is 1.19 bits per heavy atom. The smallest absolute Gasteiger partial charge is 0.351 e. The quantitative estimate of drug-likeness (QED) is 0.180. The van der Waals surface area contributed by atoms with E-state index in [4.69, 9.17) is 11.6 Å². The van der Waals surface area contributed by atoms with Crippen LogP contribution in [0.5, 0.6) is 0 Å². The molecule has 0 radical (unpaired) electrons. The van der Waals surface area contributed by atoms with Gasteiger partial charge in [0.25, 0.3) is 0 Å². The molecule has 1 spiro atoms. The largest absolute Gasteiger partial charge is 0.393 e. The van der Waals surface area contributed by atoms with E-state index in [1.807, 2.05) is 20.8 Å². The summed E-state index contributed by atoms with van der Waals surface area (Å²) in [6, 6.07) is -7.45. The van der Waals surface area contributed by atoms with Crippen LogP contribution in [0.2, 0.25) is 0 Å². The molecule has 22 nitrogen and oxygen atoms in total. The molecule has 4 N–H and O–H groups in total. The van der Waals surface area contributed by atoms with Crippen molar-refractivity contribution in [3.63, 3.8) is 0 Å². The molecule has 0 aromatic rings. The predicted molar refractivity (Wildman–Crippen MR) is 345 cm³/mol. The predicted octanol–water partition coefficient (Wildman–Crippen LogP) is 6.15. The van der Waals surface area contributed by atoms with Crippen LogP contribution < -0.4 is 21.3 Å². The van der Waals surface area contributed by atoms with Crippen molar-refractivity contribution in [2.45, 2.75) is 255 Å². The van der Waals surface area contributed by atoms with Crippen LogP contribution in [0.4, 0.5) is 13.2 Å². The molecule has 2 aliphatic heterocycles. The fourth-order valence-corrected chi connectivity index (χ4v) is 15.8. The van der Waals surface area contributed by atoms with Crippen LogP contribution in [0, 0.1) is 35.5 Å². The number of carbonyl (C=O) groups is 11. The second-order valence-corrected chi connectivity index (χ2v) is 29.4. The average Bonchev–Trinajstić information content (AvgIpc) is 1.75. The number of hydrogen-bond acceptors (Lipinski definition) is 11. The van der Waals surface area contributed by atoms with Crippen LogP contribution in [0.1, 0.15) is 195 Å². The Balaban J connectivity index is 1.36. The third-order valence-electron chi connectivity index (χ3n) is 21.2. The molecule has 2 heterocycles. The summed E-state index contributed by atoms with van der Waals surface area (Å²) < 4.78 is 41.8. The number of nitrogens with zero attached hydrogens (tertiary/aromatic N) is 7. The minimum atomic E-state index is -4.49. The van der Waals surface area contributed by atoms with Gasteiger partial charge in [-0.15, -0.1) is 11.6 Å². The molecule has 0 bridgehead atoms. The van der Waals surface area contributed by atoms with E-state index in [1.165, 1.54) is 64.6 Å². The normalized spacial score (nSPS) is 30.4. The van der Waals surface area contributed by atoms with E-state index in [0.29, 0.717) is 38.5 Å². The summed E-state index contributed by atoms with van der Waals surface area (Å²) in [6.07, 6.45) is 6.92. The summed E-state index contributed by atoms with van der Waals surface area (Å²) in [4.78, 5) is 170. The summed E-state index contributed by atoms with van der Waals surface area (Å²) in [5, 5.41) is 10.6. The second kappa shape index (κ2) is 34.3. The summed E-state index contributed by atoms with van der Waals surface area (Å²) in [7, 11) is 8.75. The molecule has 0 aromatic carbocycles. The van der Waals surface area contributed by atoms with Gasteiger partial charge in [0.05, 0.1) is 25.6 Å². The Kier molecular flexibility index (Phi) is 28.1. The molecule has 2 saturated heterocycles. The number of likely N-dealkylation sites (N-methyl/N-ethyl adjacent to an activating group) is 6. The van der Waals surface area contributed by atoms with Gasteiger partial charge in [-0.05, 0) is 120 Å². The lowest BCUT2D eigenvalue weighted by molar-refractivity contribution is -0.182. The van der Waals surface area contributed by atoms with Gasteiger partial charge in [-0.2, -0.15) is 13.2 Å². The molecule has 526 valence electrons. The van der Waals surface area contributed by atoms with Gasteiger partial charge < -0.3 is 55.6 Å². The maximum absolute atomic E-state index is 15.3. The van der Waals surface area contributed by atoms with Crippen LogP contribution in [0.25, 0.3) is 0 Å². The maximum atomic E-state index is 15.3. The first kappa shape index (κ1) is 76.3. The fourth-order valence-electron chi connectivity index (χ4n) is 15.2. The number of alkyl halides is 4. The molecule has 4 aliphatic carbocycles. The lowest BCUT2D eigenvalue weighted by atomic mass is 9.78. The van der Waals surface area contributed by atoms with Crippen molar-refractivity contribution in [3.05, 3.63) is 0 Å². The highest BCUT2D eigenvalue weighted by Gasteiger charge is 2.51. The van der Waals surface area contributed by atoms with E-state index >= 15 is 9.59 Å². The van der Waals surface area contributed by atoms with Crippen LogP contribution in [-0.2, 0) is 52.7 Å². The Labute approximate surface area is 554 Å². The van der Waals surface area contributed by atoms with Gasteiger partial charge in [0, 0.05) is 66.7 Å². The molecule has 11 atom stereocenters. The highest BCUT2D eigenvalue weighted by Crippen LogP contribution is 2.44. The van der Waals surface area contributed by atoms with E-state index in [9.17, 15) is 56.3 Å². The summed E-state index contributed by atoms with van der Waals surface area (Å²) in [6.45, 7) is 7.67. The van der Waals surface area contributed by atoms with Gasteiger partial charge in [0.15, 0.2) is 0 Å². The molecular formula is C67H109ClF3N11O11. The molecule has 6 aliphatic rings. The molecule has 0 aromatic heterocycles. The number of rotatable bonds is 10. The maximum Gasteiger partial charge on any atom is 0.393 e. The van der Waals surface area contributed by atoms with Gasteiger partial charge in [-0.3, -0.25) is 52.7 Å². The van der Waals surface area contributed by atoms with Gasteiger partial charge >= 0.3 is 6.18 Å². The third kappa shape index (κ3) is 20.2. The first-order valence-corrected chi connectivity index (χ1v) is 35.0.